The van der Waals surface area contributed by atoms with Crippen LogP contribution >= 0.6 is 27.5 Å². The molecule has 110 valence electrons. The molecule has 0 saturated carbocycles. The van der Waals surface area contributed by atoms with E-state index >= 15 is 0 Å². The second-order valence-corrected chi connectivity index (χ2v) is 6.06. The average molecular weight is 370 g/mol. The minimum absolute atomic E-state index is 0.0686. The van der Waals surface area contributed by atoms with Crippen molar-refractivity contribution in [1.29, 1.82) is 0 Å². The molecule has 2 aromatic rings. The van der Waals surface area contributed by atoms with E-state index in [4.69, 9.17) is 17.3 Å². The van der Waals surface area contributed by atoms with Crippen LogP contribution in [0.5, 0.6) is 5.75 Å². The number of benzene rings is 2. The molecule has 2 rings (SSSR count). The minimum atomic E-state index is -1.16. The van der Waals surface area contributed by atoms with E-state index in [9.17, 15) is 9.90 Å². The molecule has 0 aliphatic rings. The standard InChI is InChI=1S/C15H14BrClN2O2/c1-15(14(18)21,9-3-2-4-11(20)7-9)19-10-5-6-13(17)12(16)8-10/h2-8,19-20H,1H3,(H2,18,21). The van der Waals surface area contributed by atoms with Gasteiger partial charge in [-0.05, 0) is 58.7 Å². The lowest BCUT2D eigenvalue weighted by Gasteiger charge is -2.29. The Morgan fingerprint density at radius 2 is 2.05 bits per heavy atom. The number of anilines is 1. The van der Waals surface area contributed by atoms with Crippen molar-refractivity contribution < 1.29 is 9.90 Å². The molecule has 0 aliphatic heterocycles. The molecule has 0 aliphatic carbocycles. The maximum atomic E-state index is 11.9. The van der Waals surface area contributed by atoms with Crippen LogP contribution in [0.25, 0.3) is 0 Å². The first-order valence-electron chi connectivity index (χ1n) is 6.15. The van der Waals surface area contributed by atoms with Crippen molar-refractivity contribution in [3.8, 4) is 5.75 Å². The molecular formula is C15H14BrClN2O2. The summed E-state index contributed by atoms with van der Waals surface area (Å²) in [7, 11) is 0. The first-order chi connectivity index (χ1) is 9.83. The van der Waals surface area contributed by atoms with Gasteiger partial charge < -0.3 is 16.2 Å². The Bertz CT molecular complexity index is 693. The molecule has 0 bridgehead atoms. The molecule has 0 saturated heterocycles. The zero-order valence-electron chi connectivity index (χ0n) is 11.2. The van der Waals surface area contributed by atoms with Crippen molar-refractivity contribution in [3.63, 3.8) is 0 Å². The first-order valence-corrected chi connectivity index (χ1v) is 7.32. The highest BCUT2D eigenvalue weighted by atomic mass is 79.9. The highest BCUT2D eigenvalue weighted by Gasteiger charge is 2.33. The molecule has 4 nitrogen and oxygen atoms in total. The van der Waals surface area contributed by atoms with E-state index in [1.165, 1.54) is 12.1 Å². The molecule has 0 radical (unpaired) electrons. The quantitative estimate of drug-likeness (QED) is 0.770. The van der Waals surface area contributed by atoms with Crippen molar-refractivity contribution in [2.24, 2.45) is 5.73 Å². The zero-order valence-corrected chi connectivity index (χ0v) is 13.6. The van der Waals surface area contributed by atoms with Gasteiger partial charge >= 0.3 is 0 Å². The van der Waals surface area contributed by atoms with Gasteiger partial charge in [-0.25, -0.2) is 0 Å². The second-order valence-electron chi connectivity index (χ2n) is 4.79. The molecule has 0 aromatic heterocycles. The van der Waals surface area contributed by atoms with E-state index in [2.05, 4.69) is 21.2 Å². The van der Waals surface area contributed by atoms with Crippen LogP contribution in [-0.4, -0.2) is 11.0 Å². The molecule has 0 heterocycles. The van der Waals surface area contributed by atoms with E-state index in [1.807, 2.05) is 0 Å². The fraction of sp³-hybridized carbons (Fsp3) is 0.133. The summed E-state index contributed by atoms with van der Waals surface area (Å²) in [5.74, 6) is -0.488. The lowest BCUT2D eigenvalue weighted by Crippen LogP contribution is -2.45. The van der Waals surface area contributed by atoms with Crippen LogP contribution in [0.4, 0.5) is 5.69 Å². The largest absolute Gasteiger partial charge is 0.508 e. The summed E-state index contributed by atoms with van der Waals surface area (Å²) < 4.78 is 0.705. The van der Waals surface area contributed by atoms with Crippen LogP contribution in [0.3, 0.4) is 0 Å². The van der Waals surface area contributed by atoms with E-state index in [0.29, 0.717) is 20.7 Å². The van der Waals surface area contributed by atoms with Crippen LogP contribution in [0.15, 0.2) is 46.9 Å². The van der Waals surface area contributed by atoms with Gasteiger partial charge in [0, 0.05) is 10.2 Å². The predicted molar refractivity (Wildman–Crippen MR) is 87.4 cm³/mol. The molecule has 21 heavy (non-hydrogen) atoms. The molecule has 1 atom stereocenters. The molecule has 4 N–H and O–H groups in total. The zero-order chi connectivity index (χ0) is 15.6. The van der Waals surface area contributed by atoms with Crippen molar-refractivity contribution in [1.82, 2.24) is 0 Å². The Morgan fingerprint density at radius 1 is 1.33 bits per heavy atom. The Hall–Kier alpha value is -1.72. The Balaban J connectivity index is 2.43. The Morgan fingerprint density at radius 3 is 2.62 bits per heavy atom. The van der Waals surface area contributed by atoms with Crippen LogP contribution in [-0.2, 0) is 10.3 Å². The maximum absolute atomic E-state index is 11.9. The normalized spacial score (nSPS) is 13.5. The summed E-state index contributed by atoms with van der Waals surface area (Å²) in [6, 6.07) is 11.6. The van der Waals surface area contributed by atoms with Crippen LogP contribution < -0.4 is 11.1 Å². The average Bonchev–Trinajstić information content (AvgIpc) is 2.42. The summed E-state index contributed by atoms with van der Waals surface area (Å²) >= 11 is 9.28. The summed E-state index contributed by atoms with van der Waals surface area (Å²) in [6.07, 6.45) is 0. The Kier molecular flexibility index (Phi) is 4.44. The van der Waals surface area contributed by atoms with E-state index < -0.39 is 11.4 Å². The number of hydrogen-bond acceptors (Lipinski definition) is 3. The van der Waals surface area contributed by atoms with Crippen LogP contribution in [0, 0.1) is 0 Å². The van der Waals surface area contributed by atoms with Gasteiger partial charge in [-0.15, -0.1) is 0 Å². The highest BCUT2D eigenvalue weighted by molar-refractivity contribution is 9.10. The second kappa shape index (κ2) is 5.95. The molecule has 1 amide bonds. The number of halogens is 2. The van der Waals surface area contributed by atoms with Gasteiger partial charge in [0.15, 0.2) is 0 Å². The van der Waals surface area contributed by atoms with Crippen LogP contribution in [0.1, 0.15) is 12.5 Å². The van der Waals surface area contributed by atoms with Crippen LogP contribution in [0.2, 0.25) is 5.02 Å². The molecule has 1 unspecified atom stereocenters. The van der Waals surface area contributed by atoms with Gasteiger partial charge in [0.05, 0.1) is 5.02 Å². The van der Waals surface area contributed by atoms with E-state index in [1.54, 1.807) is 37.3 Å². The van der Waals surface area contributed by atoms with E-state index in [-0.39, 0.29) is 5.75 Å². The lowest BCUT2D eigenvalue weighted by molar-refractivity contribution is -0.122. The number of hydrogen-bond donors (Lipinski definition) is 3. The number of phenolic OH excluding ortho intramolecular Hbond substituents is 1. The first kappa shape index (κ1) is 15.7. The number of phenols is 1. The number of amides is 1. The number of carbonyl (C=O) groups excluding carboxylic acids is 1. The van der Waals surface area contributed by atoms with E-state index in [0.717, 1.165) is 0 Å². The molecule has 0 fully saturated rings. The molecular weight excluding hydrogens is 356 g/mol. The number of nitrogens with one attached hydrogen (secondary N) is 1. The third-order valence-electron chi connectivity index (χ3n) is 3.23. The highest BCUT2D eigenvalue weighted by Crippen LogP contribution is 2.31. The number of aromatic hydroxyl groups is 1. The molecule has 2 aromatic carbocycles. The third kappa shape index (κ3) is 3.31. The SMILES string of the molecule is CC(Nc1ccc(Cl)c(Br)c1)(C(N)=O)c1cccc(O)c1. The smallest absolute Gasteiger partial charge is 0.247 e. The summed E-state index contributed by atoms with van der Waals surface area (Å²) in [5, 5.41) is 13.3. The fourth-order valence-electron chi connectivity index (χ4n) is 1.96. The number of primary amides is 1. The van der Waals surface area contributed by atoms with Gasteiger partial charge in [-0.1, -0.05) is 23.7 Å². The Labute approximate surface area is 136 Å². The number of rotatable bonds is 4. The summed E-state index contributed by atoms with van der Waals surface area (Å²) in [5.41, 5.74) is 5.63. The lowest BCUT2D eigenvalue weighted by atomic mass is 9.90. The van der Waals surface area contributed by atoms with Crippen molar-refractivity contribution in [2.45, 2.75) is 12.5 Å². The van der Waals surface area contributed by atoms with Gasteiger partial charge in [-0.2, -0.15) is 0 Å². The maximum Gasteiger partial charge on any atom is 0.247 e. The number of carbonyl (C=O) groups is 1. The topological polar surface area (TPSA) is 75.3 Å². The summed E-state index contributed by atoms with van der Waals surface area (Å²) in [4.78, 5) is 11.9. The minimum Gasteiger partial charge on any atom is -0.508 e. The third-order valence-corrected chi connectivity index (χ3v) is 4.44. The molecule has 6 heteroatoms. The van der Waals surface area contributed by atoms with Gasteiger partial charge in [-0.3, -0.25) is 4.79 Å². The predicted octanol–water partition coefficient (Wildman–Crippen LogP) is 3.62. The number of nitrogens with two attached hydrogens (primary N) is 1. The monoisotopic (exact) mass is 368 g/mol. The van der Waals surface area contributed by atoms with Crippen molar-refractivity contribution in [3.05, 3.63) is 57.5 Å². The van der Waals surface area contributed by atoms with Gasteiger partial charge in [0.1, 0.15) is 11.3 Å². The van der Waals surface area contributed by atoms with Gasteiger partial charge in [0.25, 0.3) is 0 Å². The van der Waals surface area contributed by atoms with Gasteiger partial charge in [0.2, 0.25) is 5.91 Å². The molecule has 0 spiro atoms. The fourth-order valence-corrected chi connectivity index (χ4v) is 2.45. The summed E-state index contributed by atoms with van der Waals surface area (Å²) in [6.45, 7) is 1.66. The van der Waals surface area contributed by atoms with Crippen molar-refractivity contribution in [2.75, 3.05) is 5.32 Å². The van der Waals surface area contributed by atoms with Crippen molar-refractivity contribution >= 4 is 39.1 Å².